The number of hydrogen-bond acceptors (Lipinski definition) is 6. The Morgan fingerprint density at radius 1 is 1.36 bits per heavy atom. The molecular formula is C19H21ClN2O5S. The van der Waals surface area contributed by atoms with E-state index in [4.69, 9.17) is 21.1 Å². The van der Waals surface area contributed by atoms with E-state index >= 15 is 0 Å². The standard InChI is InChI=1S/C19H21ClN2O5S/c1-3-27-18(24)11-17-22(12-16(23)21-7-8-26-2)19(25)15(28-17)10-13-5-4-6-14(20)9-13/h4-6,9-11H,3,7-8,12H2,1-2H3,(H,21,23). The third-order valence-electron chi connectivity index (χ3n) is 3.54. The van der Waals surface area contributed by atoms with Gasteiger partial charge in [-0.1, -0.05) is 23.7 Å². The van der Waals surface area contributed by atoms with Crippen LogP contribution < -0.4 is 20.1 Å². The summed E-state index contributed by atoms with van der Waals surface area (Å²) in [6.07, 6.45) is 2.88. The van der Waals surface area contributed by atoms with Crippen LogP contribution in [0, 0.1) is 0 Å². The van der Waals surface area contributed by atoms with Crippen molar-refractivity contribution in [1.82, 2.24) is 9.88 Å². The highest BCUT2D eigenvalue weighted by Crippen LogP contribution is 2.10. The lowest BCUT2D eigenvalue weighted by atomic mass is 10.2. The number of benzene rings is 1. The highest BCUT2D eigenvalue weighted by atomic mass is 35.5. The average Bonchev–Trinajstić information content (AvgIpc) is 2.91. The number of carbonyl (C=O) groups is 2. The summed E-state index contributed by atoms with van der Waals surface area (Å²) in [4.78, 5) is 36.8. The minimum Gasteiger partial charge on any atom is -0.463 e. The average molecular weight is 425 g/mol. The van der Waals surface area contributed by atoms with Gasteiger partial charge in [0.25, 0.3) is 5.56 Å². The molecule has 0 unspecified atom stereocenters. The van der Waals surface area contributed by atoms with Gasteiger partial charge in [-0.2, -0.15) is 0 Å². The molecule has 0 aliphatic carbocycles. The maximum atomic E-state index is 12.8. The molecule has 150 valence electrons. The van der Waals surface area contributed by atoms with Crippen LogP contribution in [-0.2, 0) is 25.6 Å². The molecule has 1 aromatic carbocycles. The molecule has 0 aliphatic rings. The number of halogens is 1. The van der Waals surface area contributed by atoms with Gasteiger partial charge in [-0.3, -0.25) is 14.2 Å². The lowest BCUT2D eigenvalue weighted by molar-refractivity contribution is -0.135. The van der Waals surface area contributed by atoms with E-state index in [9.17, 15) is 14.4 Å². The maximum absolute atomic E-state index is 12.8. The van der Waals surface area contributed by atoms with Crippen molar-refractivity contribution in [2.24, 2.45) is 0 Å². The Morgan fingerprint density at radius 3 is 2.82 bits per heavy atom. The Morgan fingerprint density at radius 2 is 2.14 bits per heavy atom. The van der Waals surface area contributed by atoms with E-state index in [-0.39, 0.29) is 24.6 Å². The monoisotopic (exact) mass is 424 g/mol. The number of esters is 1. The quantitative estimate of drug-likeness (QED) is 0.492. The second-order valence-electron chi connectivity index (χ2n) is 5.63. The third-order valence-corrected chi connectivity index (χ3v) is 4.84. The molecule has 0 atom stereocenters. The van der Waals surface area contributed by atoms with E-state index in [0.717, 1.165) is 16.9 Å². The van der Waals surface area contributed by atoms with Crippen molar-refractivity contribution in [3.63, 3.8) is 0 Å². The lowest BCUT2D eigenvalue weighted by Gasteiger charge is -2.05. The van der Waals surface area contributed by atoms with Crippen molar-refractivity contribution >= 4 is 47.0 Å². The highest BCUT2D eigenvalue weighted by Gasteiger charge is 2.11. The summed E-state index contributed by atoms with van der Waals surface area (Å²) in [7, 11) is 1.53. The minimum absolute atomic E-state index is 0.212. The molecule has 1 N–H and O–H groups in total. The maximum Gasteiger partial charge on any atom is 0.333 e. The number of nitrogens with one attached hydrogen (secondary N) is 1. The normalized spacial score (nSPS) is 12.2. The SMILES string of the molecule is CCOC(=O)C=c1sc(=Cc2cccc(Cl)c2)c(=O)n1CC(=O)NCCOC. The van der Waals surface area contributed by atoms with Crippen molar-refractivity contribution in [3.8, 4) is 0 Å². The molecule has 28 heavy (non-hydrogen) atoms. The Labute approximate surface area is 170 Å². The number of hydrogen-bond donors (Lipinski definition) is 1. The smallest absolute Gasteiger partial charge is 0.333 e. The Hall–Kier alpha value is -2.42. The van der Waals surface area contributed by atoms with Gasteiger partial charge in [-0.25, -0.2) is 4.79 Å². The number of rotatable bonds is 8. The second kappa shape index (κ2) is 10.8. The number of methoxy groups -OCH3 is 1. The first-order valence-corrected chi connectivity index (χ1v) is 9.75. The summed E-state index contributed by atoms with van der Waals surface area (Å²) >= 11 is 7.09. The van der Waals surface area contributed by atoms with E-state index in [1.54, 1.807) is 31.2 Å². The van der Waals surface area contributed by atoms with E-state index in [0.29, 0.717) is 27.4 Å². The van der Waals surface area contributed by atoms with Crippen LogP contribution in [0.3, 0.4) is 0 Å². The fourth-order valence-corrected chi connectivity index (χ4v) is 3.55. The first-order chi connectivity index (χ1) is 13.4. The third kappa shape index (κ3) is 6.33. The molecule has 1 aromatic heterocycles. The number of aromatic nitrogens is 1. The molecule has 9 heteroatoms. The van der Waals surface area contributed by atoms with Crippen LogP contribution in [-0.4, -0.2) is 43.3 Å². The number of thiazole rings is 1. The molecular weight excluding hydrogens is 404 g/mol. The Kier molecular flexibility index (Phi) is 8.43. The van der Waals surface area contributed by atoms with Crippen LogP contribution in [0.1, 0.15) is 12.5 Å². The van der Waals surface area contributed by atoms with Gasteiger partial charge >= 0.3 is 5.97 Å². The van der Waals surface area contributed by atoms with Gasteiger partial charge in [0.15, 0.2) is 0 Å². The largest absolute Gasteiger partial charge is 0.463 e. The molecule has 1 amide bonds. The van der Waals surface area contributed by atoms with Gasteiger partial charge in [0.05, 0.1) is 23.8 Å². The Balaban J connectivity index is 2.46. The second-order valence-corrected chi connectivity index (χ2v) is 7.13. The molecule has 2 aromatic rings. The van der Waals surface area contributed by atoms with Gasteiger partial charge in [-0.05, 0) is 30.7 Å². The molecule has 0 aliphatic heterocycles. The van der Waals surface area contributed by atoms with Gasteiger partial charge in [0.1, 0.15) is 11.2 Å². The molecule has 7 nitrogen and oxygen atoms in total. The summed E-state index contributed by atoms with van der Waals surface area (Å²) in [5, 5.41) is 3.20. The fourth-order valence-electron chi connectivity index (χ4n) is 2.32. The van der Waals surface area contributed by atoms with Crippen LogP contribution in [0.5, 0.6) is 0 Å². The summed E-state index contributed by atoms with van der Waals surface area (Å²) in [5.41, 5.74) is 0.368. The first-order valence-electron chi connectivity index (χ1n) is 8.55. The molecule has 0 saturated heterocycles. The van der Waals surface area contributed by atoms with Gasteiger partial charge in [-0.15, -0.1) is 11.3 Å². The van der Waals surface area contributed by atoms with Crippen molar-refractivity contribution < 1.29 is 19.1 Å². The highest BCUT2D eigenvalue weighted by molar-refractivity contribution is 7.07. The van der Waals surface area contributed by atoms with Gasteiger partial charge in [0.2, 0.25) is 5.91 Å². The van der Waals surface area contributed by atoms with E-state index in [1.807, 2.05) is 6.07 Å². The molecule has 0 saturated carbocycles. The molecule has 0 spiro atoms. The summed E-state index contributed by atoms with van der Waals surface area (Å²) in [5.74, 6) is -0.934. The zero-order valence-electron chi connectivity index (χ0n) is 15.6. The van der Waals surface area contributed by atoms with Crippen molar-refractivity contribution in [1.29, 1.82) is 0 Å². The number of carbonyl (C=O) groups excluding carboxylic acids is 2. The zero-order valence-corrected chi connectivity index (χ0v) is 17.1. The van der Waals surface area contributed by atoms with Crippen molar-refractivity contribution in [2.45, 2.75) is 13.5 Å². The van der Waals surface area contributed by atoms with E-state index in [1.165, 1.54) is 17.8 Å². The molecule has 1 heterocycles. The first kappa shape index (κ1) is 21.9. The van der Waals surface area contributed by atoms with Crippen LogP contribution >= 0.6 is 22.9 Å². The van der Waals surface area contributed by atoms with Crippen LogP contribution in [0.2, 0.25) is 5.02 Å². The number of ether oxygens (including phenoxy) is 2. The predicted molar refractivity (Wildman–Crippen MR) is 109 cm³/mol. The van der Waals surface area contributed by atoms with Gasteiger partial charge in [0, 0.05) is 18.7 Å². The molecule has 0 fully saturated rings. The molecule has 0 radical (unpaired) electrons. The minimum atomic E-state index is -0.577. The zero-order chi connectivity index (χ0) is 20.5. The van der Waals surface area contributed by atoms with Crippen LogP contribution in [0.25, 0.3) is 12.2 Å². The van der Waals surface area contributed by atoms with Crippen molar-refractivity contribution in [2.75, 3.05) is 26.9 Å². The summed E-state index contributed by atoms with van der Waals surface area (Å²) < 4.78 is 11.8. The number of amides is 1. The van der Waals surface area contributed by atoms with E-state index < -0.39 is 5.97 Å². The Bertz CT molecular complexity index is 1010. The van der Waals surface area contributed by atoms with Gasteiger partial charge < -0.3 is 14.8 Å². The fraction of sp³-hybridized carbons (Fsp3) is 0.316. The molecule has 2 rings (SSSR count). The topological polar surface area (TPSA) is 86.6 Å². The molecule has 0 bridgehead atoms. The lowest BCUT2D eigenvalue weighted by Crippen LogP contribution is -2.39. The predicted octanol–water partition coefficient (Wildman–Crippen LogP) is 0.498. The summed E-state index contributed by atoms with van der Waals surface area (Å²) in [6.45, 7) is 2.37. The van der Waals surface area contributed by atoms with Crippen LogP contribution in [0.4, 0.5) is 0 Å². The van der Waals surface area contributed by atoms with E-state index in [2.05, 4.69) is 5.32 Å². The number of nitrogens with zero attached hydrogens (tertiary/aromatic N) is 1. The van der Waals surface area contributed by atoms with Crippen LogP contribution in [0.15, 0.2) is 29.1 Å². The summed E-state index contributed by atoms with van der Waals surface area (Å²) in [6, 6.07) is 7.03. The van der Waals surface area contributed by atoms with Crippen molar-refractivity contribution in [3.05, 3.63) is 54.4 Å².